The van der Waals surface area contributed by atoms with Crippen molar-refractivity contribution in [1.82, 2.24) is 20.1 Å². The van der Waals surface area contributed by atoms with Gasteiger partial charge in [-0.2, -0.15) is 5.10 Å². The molecule has 0 bridgehead atoms. The summed E-state index contributed by atoms with van der Waals surface area (Å²) < 4.78 is 5.04. The maximum Gasteiger partial charge on any atom is 0.273 e. The normalized spacial score (nSPS) is 17.9. The number of ether oxygens (including phenoxy) is 1. The summed E-state index contributed by atoms with van der Waals surface area (Å²) in [4.78, 5) is 29.9. The van der Waals surface area contributed by atoms with Gasteiger partial charge in [0.2, 0.25) is 0 Å². The van der Waals surface area contributed by atoms with Crippen LogP contribution in [0.25, 0.3) is 0 Å². The van der Waals surface area contributed by atoms with Crippen LogP contribution < -0.4 is 5.73 Å². The average Bonchev–Trinajstić information content (AvgIpc) is 3.24. The van der Waals surface area contributed by atoms with E-state index in [4.69, 9.17) is 10.5 Å². The highest BCUT2D eigenvalue weighted by atomic mass is 32.1. The Balaban J connectivity index is 1.69. The van der Waals surface area contributed by atoms with Crippen LogP contribution in [0.1, 0.15) is 50.4 Å². The van der Waals surface area contributed by atoms with Crippen molar-refractivity contribution in [1.29, 1.82) is 0 Å². The second kappa shape index (κ2) is 7.10. The van der Waals surface area contributed by atoms with Gasteiger partial charge in [0, 0.05) is 37.2 Å². The summed E-state index contributed by atoms with van der Waals surface area (Å²) in [6.45, 7) is 1.67. The summed E-state index contributed by atoms with van der Waals surface area (Å²) in [7, 11) is 1.60. The minimum absolute atomic E-state index is 0.0760. The van der Waals surface area contributed by atoms with Crippen molar-refractivity contribution < 1.29 is 14.3 Å². The lowest BCUT2D eigenvalue weighted by Gasteiger charge is -2.31. The van der Waals surface area contributed by atoms with Gasteiger partial charge in [-0.15, -0.1) is 11.3 Å². The van der Waals surface area contributed by atoms with E-state index in [1.807, 2.05) is 0 Å². The Morgan fingerprint density at radius 3 is 3.04 bits per heavy atom. The Hall–Kier alpha value is -2.26. The molecule has 24 heavy (non-hydrogen) atoms. The Bertz CT molecular complexity index is 741. The Morgan fingerprint density at radius 1 is 1.50 bits per heavy atom. The molecule has 1 aliphatic heterocycles. The number of nitrogens with one attached hydrogen (secondary N) is 1. The van der Waals surface area contributed by atoms with Crippen molar-refractivity contribution in [3.05, 3.63) is 33.5 Å². The predicted molar refractivity (Wildman–Crippen MR) is 87.8 cm³/mol. The van der Waals surface area contributed by atoms with E-state index in [1.54, 1.807) is 23.5 Å². The highest BCUT2D eigenvalue weighted by molar-refractivity contribution is 7.09. The lowest BCUT2D eigenvalue weighted by Crippen LogP contribution is -2.39. The van der Waals surface area contributed by atoms with Gasteiger partial charge in [-0.05, 0) is 18.9 Å². The smallest absolute Gasteiger partial charge is 0.273 e. The van der Waals surface area contributed by atoms with E-state index in [-0.39, 0.29) is 17.5 Å². The molecule has 3 heterocycles. The van der Waals surface area contributed by atoms with E-state index >= 15 is 0 Å². The fraction of sp³-hybridized carbons (Fsp3) is 0.467. The molecule has 9 heteroatoms. The lowest BCUT2D eigenvalue weighted by atomic mass is 9.94. The van der Waals surface area contributed by atoms with Gasteiger partial charge in [-0.1, -0.05) is 0 Å². The zero-order valence-electron chi connectivity index (χ0n) is 13.3. The Morgan fingerprint density at radius 2 is 2.33 bits per heavy atom. The van der Waals surface area contributed by atoms with Gasteiger partial charge in [-0.3, -0.25) is 14.7 Å². The highest BCUT2D eigenvalue weighted by Crippen LogP contribution is 2.27. The van der Waals surface area contributed by atoms with Crippen molar-refractivity contribution in [2.75, 3.05) is 20.2 Å². The van der Waals surface area contributed by atoms with E-state index in [9.17, 15) is 9.59 Å². The summed E-state index contributed by atoms with van der Waals surface area (Å²) >= 11 is 1.42. The van der Waals surface area contributed by atoms with Crippen molar-refractivity contribution in [3.63, 3.8) is 0 Å². The zero-order chi connectivity index (χ0) is 17.1. The number of hydrogen-bond donors (Lipinski definition) is 2. The summed E-state index contributed by atoms with van der Waals surface area (Å²) in [6, 6.07) is 1.67. The number of carbonyl (C=O) groups excluding carboxylic acids is 2. The van der Waals surface area contributed by atoms with E-state index in [1.165, 1.54) is 11.3 Å². The SMILES string of the molecule is COCc1nc(C(=O)N2CCC[C@H](c3cc(C(N)=O)n[nH]3)C2)cs1. The van der Waals surface area contributed by atoms with Crippen LogP contribution in [0.4, 0.5) is 0 Å². The minimum Gasteiger partial charge on any atom is -0.378 e. The molecule has 1 saturated heterocycles. The molecule has 0 aliphatic carbocycles. The molecular weight excluding hydrogens is 330 g/mol. The van der Waals surface area contributed by atoms with E-state index < -0.39 is 5.91 Å². The largest absolute Gasteiger partial charge is 0.378 e. The second-order valence-electron chi connectivity index (χ2n) is 5.72. The maximum absolute atomic E-state index is 12.6. The molecule has 1 atom stereocenters. The summed E-state index contributed by atoms with van der Waals surface area (Å²) in [5.41, 5.74) is 6.74. The summed E-state index contributed by atoms with van der Waals surface area (Å²) in [5, 5.41) is 9.32. The second-order valence-corrected chi connectivity index (χ2v) is 6.67. The first-order chi connectivity index (χ1) is 11.6. The maximum atomic E-state index is 12.6. The number of nitrogens with two attached hydrogens (primary N) is 1. The molecular formula is C15H19N5O3S. The first-order valence-corrected chi connectivity index (χ1v) is 8.54. The first kappa shape index (κ1) is 16.6. The van der Waals surface area contributed by atoms with Gasteiger partial charge in [0.05, 0.1) is 6.61 Å². The van der Waals surface area contributed by atoms with E-state index in [0.717, 1.165) is 23.5 Å². The lowest BCUT2D eigenvalue weighted by molar-refractivity contribution is 0.0700. The first-order valence-electron chi connectivity index (χ1n) is 7.66. The third kappa shape index (κ3) is 3.46. The molecule has 0 aromatic carbocycles. The topological polar surface area (TPSA) is 114 Å². The predicted octanol–water partition coefficient (Wildman–Crippen LogP) is 1.13. The number of carbonyl (C=O) groups is 2. The Labute approximate surface area is 143 Å². The molecule has 8 nitrogen and oxygen atoms in total. The molecule has 2 amide bonds. The third-order valence-electron chi connectivity index (χ3n) is 4.04. The number of amides is 2. The number of H-pyrrole nitrogens is 1. The molecule has 0 saturated carbocycles. The Kier molecular flexibility index (Phi) is 4.91. The summed E-state index contributed by atoms with van der Waals surface area (Å²) in [5.74, 6) is -0.525. The summed E-state index contributed by atoms with van der Waals surface area (Å²) in [6.07, 6.45) is 1.81. The van der Waals surface area contributed by atoms with E-state index in [2.05, 4.69) is 15.2 Å². The molecule has 0 unspecified atom stereocenters. The number of aromatic amines is 1. The molecule has 3 rings (SSSR count). The number of aromatic nitrogens is 3. The van der Waals surface area contributed by atoms with Crippen molar-refractivity contribution >= 4 is 23.2 Å². The van der Waals surface area contributed by atoms with Crippen LogP contribution in [0.5, 0.6) is 0 Å². The number of thiazole rings is 1. The molecule has 2 aromatic heterocycles. The average molecular weight is 349 g/mol. The molecule has 1 aliphatic rings. The van der Waals surface area contributed by atoms with E-state index in [0.29, 0.717) is 25.4 Å². The number of methoxy groups -OCH3 is 1. The highest BCUT2D eigenvalue weighted by Gasteiger charge is 2.28. The van der Waals surface area contributed by atoms with Gasteiger partial charge in [0.25, 0.3) is 11.8 Å². The number of hydrogen-bond acceptors (Lipinski definition) is 6. The van der Waals surface area contributed by atoms with Crippen molar-refractivity contribution in [3.8, 4) is 0 Å². The number of rotatable bonds is 5. The monoisotopic (exact) mass is 349 g/mol. The number of primary amides is 1. The van der Waals surface area contributed by atoms with Gasteiger partial charge < -0.3 is 15.4 Å². The van der Waals surface area contributed by atoms with Crippen molar-refractivity contribution in [2.45, 2.75) is 25.4 Å². The number of piperidine rings is 1. The number of likely N-dealkylation sites (tertiary alicyclic amines) is 1. The van der Waals surface area contributed by atoms with Crippen LogP contribution in [-0.4, -0.2) is 52.1 Å². The molecule has 0 spiro atoms. The van der Waals surface area contributed by atoms with Crippen LogP contribution in [0, 0.1) is 0 Å². The van der Waals surface area contributed by atoms with Crippen LogP contribution in [0.15, 0.2) is 11.4 Å². The molecule has 1 fully saturated rings. The fourth-order valence-electron chi connectivity index (χ4n) is 2.85. The molecule has 2 aromatic rings. The fourth-order valence-corrected chi connectivity index (χ4v) is 3.59. The standard InChI is InChI=1S/C15H19N5O3S/c1-23-7-13-17-12(8-24-13)15(22)20-4-2-3-9(6-20)10-5-11(14(16)21)19-18-10/h5,8-9H,2-4,6-7H2,1H3,(H2,16,21)(H,18,19)/t9-/m0/s1. The van der Waals surface area contributed by atoms with Crippen LogP contribution in [-0.2, 0) is 11.3 Å². The van der Waals surface area contributed by atoms with Crippen LogP contribution >= 0.6 is 11.3 Å². The van der Waals surface area contributed by atoms with Crippen LogP contribution in [0.2, 0.25) is 0 Å². The molecule has 128 valence electrons. The molecule has 0 radical (unpaired) electrons. The zero-order valence-corrected chi connectivity index (χ0v) is 14.1. The van der Waals surface area contributed by atoms with Gasteiger partial charge >= 0.3 is 0 Å². The van der Waals surface area contributed by atoms with Crippen LogP contribution in [0.3, 0.4) is 0 Å². The van der Waals surface area contributed by atoms with Gasteiger partial charge in [0.15, 0.2) is 0 Å². The van der Waals surface area contributed by atoms with Gasteiger partial charge in [0.1, 0.15) is 16.4 Å². The van der Waals surface area contributed by atoms with Gasteiger partial charge in [-0.25, -0.2) is 4.98 Å². The molecule has 3 N–H and O–H groups in total. The van der Waals surface area contributed by atoms with Crippen molar-refractivity contribution in [2.24, 2.45) is 5.73 Å². The third-order valence-corrected chi connectivity index (χ3v) is 4.86. The number of nitrogens with zero attached hydrogens (tertiary/aromatic N) is 3. The minimum atomic E-state index is -0.561. The quantitative estimate of drug-likeness (QED) is 0.840.